The summed E-state index contributed by atoms with van der Waals surface area (Å²) in [6.07, 6.45) is -2.75. The van der Waals surface area contributed by atoms with Crippen LogP contribution in [0.4, 0.5) is 18.0 Å². The average Bonchev–Trinajstić information content (AvgIpc) is 2.24. The summed E-state index contributed by atoms with van der Waals surface area (Å²) in [4.78, 5) is 11.8. The van der Waals surface area contributed by atoms with E-state index in [9.17, 15) is 18.0 Å². The standard InChI is InChI=1S/C10H19F3N4O/c11-10(12,13)7-17-5-1-8(2-6-17)15-3-4-16-9(14)18/h8,15H,1-7H2,(H3,14,16,18). The van der Waals surface area contributed by atoms with E-state index in [-0.39, 0.29) is 6.04 Å². The topological polar surface area (TPSA) is 70.4 Å². The molecule has 1 rings (SSSR count). The zero-order valence-corrected chi connectivity index (χ0v) is 10.1. The van der Waals surface area contributed by atoms with Gasteiger partial charge in [-0.2, -0.15) is 13.2 Å². The van der Waals surface area contributed by atoms with Gasteiger partial charge >= 0.3 is 12.2 Å². The Morgan fingerprint density at radius 2 is 1.89 bits per heavy atom. The van der Waals surface area contributed by atoms with Gasteiger partial charge in [-0.05, 0) is 25.9 Å². The third-order valence-electron chi connectivity index (χ3n) is 2.85. The molecule has 0 unspecified atom stereocenters. The van der Waals surface area contributed by atoms with Gasteiger partial charge in [-0.3, -0.25) is 4.90 Å². The van der Waals surface area contributed by atoms with E-state index < -0.39 is 18.8 Å². The minimum Gasteiger partial charge on any atom is -0.352 e. The first kappa shape index (κ1) is 15.0. The van der Waals surface area contributed by atoms with Crippen LogP contribution in [0.1, 0.15) is 12.8 Å². The van der Waals surface area contributed by atoms with Gasteiger partial charge in [0.1, 0.15) is 0 Å². The van der Waals surface area contributed by atoms with Gasteiger partial charge in [0, 0.05) is 19.1 Å². The molecule has 0 atom stereocenters. The van der Waals surface area contributed by atoms with Crippen molar-refractivity contribution < 1.29 is 18.0 Å². The Labute approximate surface area is 104 Å². The maximum Gasteiger partial charge on any atom is 0.401 e. The molecule has 0 bridgehead atoms. The number of carbonyl (C=O) groups is 1. The highest BCUT2D eigenvalue weighted by Gasteiger charge is 2.32. The minimum atomic E-state index is -4.12. The first-order valence-corrected chi connectivity index (χ1v) is 5.92. The molecule has 0 radical (unpaired) electrons. The van der Waals surface area contributed by atoms with E-state index in [0.717, 1.165) is 0 Å². The molecular formula is C10H19F3N4O. The molecule has 4 N–H and O–H groups in total. The Kier molecular flexibility index (Phi) is 5.67. The number of amides is 2. The molecule has 0 aromatic heterocycles. The second-order valence-corrected chi connectivity index (χ2v) is 4.41. The van der Waals surface area contributed by atoms with Gasteiger partial charge in [0.05, 0.1) is 6.54 Å². The molecule has 2 amide bonds. The zero-order valence-electron chi connectivity index (χ0n) is 10.1. The summed E-state index contributed by atoms with van der Waals surface area (Å²) < 4.78 is 36.5. The highest BCUT2D eigenvalue weighted by molar-refractivity contribution is 5.71. The van der Waals surface area contributed by atoms with E-state index in [4.69, 9.17) is 5.73 Å². The van der Waals surface area contributed by atoms with Crippen LogP contribution in [-0.4, -0.2) is 55.9 Å². The first-order chi connectivity index (χ1) is 8.37. The number of nitrogens with one attached hydrogen (secondary N) is 2. The average molecular weight is 268 g/mol. The molecule has 1 heterocycles. The summed E-state index contributed by atoms with van der Waals surface area (Å²) in [6, 6.07) is -0.360. The quantitative estimate of drug-likeness (QED) is 0.627. The molecule has 18 heavy (non-hydrogen) atoms. The van der Waals surface area contributed by atoms with Crippen LogP contribution in [0.15, 0.2) is 0 Å². The third-order valence-corrected chi connectivity index (χ3v) is 2.85. The lowest BCUT2D eigenvalue weighted by atomic mass is 10.1. The second-order valence-electron chi connectivity index (χ2n) is 4.41. The predicted octanol–water partition coefficient (Wildman–Crippen LogP) is 0.271. The molecule has 0 aromatic carbocycles. The molecule has 106 valence electrons. The Balaban J connectivity index is 2.10. The zero-order chi connectivity index (χ0) is 13.6. The summed E-state index contributed by atoms with van der Waals surface area (Å²) in [5.41, 5.74) is 4.90. The second kappa shape index (κ2) is 6.79. The van der Waals surface area contributed by atoms with Crippen molar-refractivity contribution in [2.45, 2.75) is 25.1 Å². The number of primary amides is 1. The van der Waals surface area contributed by atoms with E-state index in [0.29, 0.717) is 39.0 Å². The maximum absolute atomic E-state index is 12.2. The summed E-state index contributed by atoms with van der Waals surface area (Å²) in [6.45, 7) is 1.06. The molecule has 0 saturated carbocycles. The monoisotopic (exact) mass is 268 g/mol. The number of urea groups is 1. The van der Waals surface area contributed by atoms with Crippen LogP contribution in [0.25, 0.3) is 0 Å². The molecule has 1 aliphatic heterocycles. The van der Waals surface area contributed by atoms with Crippen LogP contribution in [-0.2, 0) is 0 Å². The molecule has 0 aromatic rings. The van der Waals surface area contributed by atoms with Gasteiger partial charge in [-0.25, -0.2) is 4.79 Å². The van der Waals surface area contributed by atoms with E-state index >= 15 is 0 Å². The number of likely N-dealkylation sites (tertiary alicyclic amines) is 1. The number of hydrogen-bond donors (Lipinski definition) is 3. The molecule has 1 fully saturated rings. The number of rotatable bonds is 5. The van der Waals surface area contributed by atoms with Crippen molar-refractivity contribution in [3.05, 3.63) is 0 Å². The molecule has 1 saturated heterocycles. The van der Waals surface area contributed by atoms with E-state index in [1.54, 1.807) is 0 Å². The number of nitrogens with two attached hydrogens (primary N) is 1. The first-order valence-electron chi connectivity index (χ1n) is 5.92. The number of alkyl halides is 3. The maximum atomic E-state index is 12.2. The third kappa shape index (κ3) is 6.65. The molecule has 8 heteroatoms. The normalized spacial score (nSPS) is 18.8. The van der Waals surface area contributed by atoms with Gasteiger partial charge < -0.3 is 16.4 Å². The molecular weight excluding hydrogens is 249 g/mol. The highest BCUT2D eigenvalue weighted by atomic mass is 19.4. The molecule has 0 spiro atoms. The highest BCUT2D eigenvalue weighted by Crippen LogP contribution is 2.19. The summed E-state index contributed by atoms with van der Waals surface area (Å²) in [7, 11) is 0. The molecule has 5 nitrogen and oxygen atoms in total. The van der Waals surface area contributed by atoms with Gasteiger partial charge in [-0.15, -0.1) is 0 Å². The number of halogens is 3. The van der Waals surface area contributed by atoms with Crippen molar-refractivity contribution in [2.24, 2.45) is 5.73 Å². The van der Waals surface area contributed by atoms with Crippen LogP contribution in [0.2, 0.25) is 0 Å². The Bertz CT molecular complexity index is 264. The summed E-state index contributed by atoms with van der Waals surface area (Å²) >= 11 is 0. The van der Waals surface area contributed by atoms with Crippen molar-refractivity contribution in [2.75, 3.05) is 32.7 Å². The van der Waals surface area contributed by atoms with Gasteiger partial charge in [0.25, 0.3) is 0 Å². The summed E-state index contributed by atoms with van der Waals surface area (Å²) in [5, 5.41) is 5.62. The lowest BCUT2D eigenvalue weighted by Gasteiger charge is -2.32. The smallest absolute Gasteiger partial charge is 0.352 e. The van der Waals surface area contributed by atoms with Crippen LogP contribution in [0.5, 0.6) is 0 Å². The molecule has 0 aliphatic carbocycles. The van der Waals surface area contributed by atoms with Crippen LogP contribution >= 0.6 is 0 Å². The fourth-order valence-electron chi connectivity index (χ4n) is 2.01. The van der Waals surface area contributed by atoms with Crippen LogP contribution in [0.3, 0.4) is 0 Å². The predicted molar refractivity (Wildman–Crippen MR) is 61.1 cm³/mol. The largest absolute Gasteiger partial charge is 0.401 e. The fraction of sp³-hybridized carbons (Fsp3) is 0.900. The molecule has 1 aliphatic rings. The van der Waals surface area contributed by atoms with Crippen molar-refractivity contribution in [1.29, 1.82) is 0 Å². The number of piperidine rings is 1. The van der Waals surface area contributed by atoms with Gasteiger partial charge in [0.15, 0.2) is 0 Å². The SMILES string of the molecule is NC(=O)NCCNC1CCN(CC(F)(F)F)CC1. The van der Waals surface area contributed by atoms with Crippen molar-refractivity contribution in [3.63, 3.8) is 0 Å². The van der Waals surface area contributed by atoms with Crippen molar-refractivity contribution >= 4 is 6.03 Å². The van der Waals surface area contributed by atoms with Crippen molar-refractivity contribution in [3.8, 4) is 0 Å². The van der Waals surface area contributed by atoms with Crippen LogP contribution in [0, 0.1) is 0 Å². The fourth-order valence-corrected chi connectivity index (χ4v) is 2.01. The lowest BCUT2D eigenvalue weighted by Crippen LogP contribution is -2.47. The number of hydrogen-bond acceptors (Lipinski definition) is 3. The Morgan fingerprint density at radius 1 is 1.28 bits per heavy atom. The Hall–Kier alpha value is -1.02. The van der Waals surface area contributed by atoms with Gasteiger partial charge in [-0.1, -0.05) is 0 Å². The van der Waals surface area contributed by atoms with E-state index in [2.05, 4.69) is 10.6 Å². The van der Waals surface area contributed by atoms with Gasteiger partial charge in [0.2, 0.25) is 0 Å². The lowest BCUT2D eigenvalue weighted by molar-refractivity contribution is -0.148. The van der Waals surface area contributed by atoms with E-state index in [1.165, 1.54) is 4.90 Å². The summed E-state index contributed by atoms with van der Waals surface area (Å²) in [5.74, 6) is 0. The number of carbonyl (C=O) groups excluding carboxylic acids is 1. The minimum absolute atomic E-state index is 0.212. The Morgan fingerprint density at radius 3 is 2.39 bits per heavy atom. The van der Waals surface area contributed by atoms with Crippen LogP contribution < -0.4 is 16.4 Å². The van der Waals surface area contributed by atoms with Crippen molar-refractivity contribution in [1.82, 2.24) is 15.5 Å². The van der Waals surface area contributed by atoms with E-state index in [1.807, 2.05) is 0 Å². The number of nitrogens with zero attached hydrogens (tertiary/aromatic N) is 1.